The highest BCUT2D eigenvalue weighted by atomic mass is 19.1. The predicted molar refractivity (Wildman–Crippen MR) is 114 cm³/mol. The van der Waals surface area contributed by atoms with E-state index in [0.717, 1.165) is 19.6 Å². The fourth-order valence-electron chi connectivity index (χ4n) is 4.02. The number of methoxy groups -OCH3 is 1. The predicted octanol–water partition coefficient (Wildman–Crippen LogP) is 2.40. The number of fused-ring (bicyclic) bond motifs is 1. The van der Waals surface area contributed by atoms with Crippen LogP contribution in [0.5, 0.6) is 5.88 Å². The van der Waals surface area contributed by atoms with Gasteiger partial charge in [0, 0.05) is 50.3 Å². The molecule has 0 spiro atoms. The van der Waals surface area contributed by atoms with Crippen LogP contribution in [0.1, 0.15) is 11.1 Å². The van der Waals surface area contributed by atoms with Gasteiger partial charge in [0.05, 0.1) is 30.4 Å². The standard InChI is InChI=1S/C23H27FN4O2/c1-30-22-8-7-20-23(27-22)18(19(24)13-26-20)9-10-28-14-17(21(29)15-28)12-25-11-16-5-3-2-4-6-16/h2-8,13,17,21,25,29H,9-12,14-15H2,1H3/t17-,21+/m0/s1. The summed E-state index contributed by atoms with van der Waals surface area (Å²) in [7, 11) is 1.54. The lowest BCUT2D eigenvalue weighted by atomic mass is 10.1. The van der Waals surface area contributed by atoms with Crippen molar-refractivity contribution in [2.45, 2.75) is 19.1 Å². The Balaban J connectivity index is 1.35. The first kappa shape index (κ1) is 20.7. The van der Waals surface area contributed by atoms with E-state index in [0.29, 0.717) is 42.0 Å². The lowest BCUT2D eigenvalue weighted by Gasteiger charge is -2.17. The van der Waals surface area contributed by atoms with Crippen molar-refractivity contribution < 1.29 is 14.2 Å². The third-order valence-electron chi connectivity index (χ3n) is 5.69. The quantitative estimate of drug-likeness (QED) is 0.594. The monoisotopic (exact) mass is 410 g/mol. The molecule has 0 aliphatic carbocycles. The first-order valence-electron chi connectivity index (χ1n) is 10.3. The van der Waals surface area contributed by atoms with Crippen molar-refractivity contribution in [1.29, 1.82) is 0 Å². The molecule has 1 aliphatic rings. The van der Waals surface area contributed by atoms with Crippen LogP contribution in [0.15, 0.2) is 48.7 Å². The summed E-state index contributed by atoms with van der Waals surface area (Å²) in [5, 5.41) is 13.9. The summed E-state index contributed by atoms with van der Waals surface area (Å²) in [6, 6.07) is 13.7. The van der Waals surface area contributed by atoms with Crippen molar-refractivity contribution in [3.8, 4) is 5.88 Å². The normalized spacial score (nSPS) is 19.4. The largest absolute Gasteiger partial charge is 0.481 e. The molecule has 4 rings (SSSR count). The van der Waals surface area contributed by atoms with Gasteiger partial charge in [0.2, 0.25) is 5.88 Å². The van der Waals surface area contributed by atoms with Gasteiger partial charge in [-0.15, -0.1) is 0 Å². The van der Waals surface area contributed by atoms with Crippen LogP contribution >= 0.6 is 0 Å². The Bertz CT molecular complexity index is 986. The van der Waals surface area contributed by atoms with Crippen LogP contribution in [0.2, 0.25) is 0 Å². The number of aliphatic hydroxyl groups excluding tert-OH is 1. The molecule has 6 nitrogen and oxygen atoms in total. The number of hydrogen-bond donors (Lipinski definition) is 2. The summed E-state index contributed by atoms with van der Waals surface area (Å²) in [4.78, 5) is 10.7. The maximum atomic E-state index is 14.5. The van der Waals surface area contributed by atoms with Crippen LogP contribution in [-0.4, -0.2) is 59.4 Å². The van der Waals surface area contributed by atoms with E-state index in [1.807, 2.05) is 18.2 Å². The first-order valence-corrected chi connectivity index (χ1v) is 10.3. The van der Waals surface area contributed by atoms with E-state index in [1.54, 1.807) is 12.1 Å². The minimum absolute atomic E-state index is 0.158. The molecule has 1 aromatic carbocycles. The minimum atomic E-state index is -0.384. The number of hydrogen-bond acceptors (Lipinski definition) is 6. The van der Waals surface area contributed by atoms with Gasteiger partial charge in [0.15, 0.2) is 0 Å². The van der Waals surface area contributed by atoms with E-state index in [-0.39, 0.29) is 17.8 Å². The van der Waals surface area contributed by atoms with Crippen LogP contribution in [0.4, 0.5) is 4.39 Å². The maximum absolute atomic E-state index is 14.5. The zero-order valence-electron chi connectivity index (χ0n) is 17.1. The Morgan fingerprint density at radius 2 is 2.03 bits per heavy atom. The first-order chi connectivity index (χ1) is 14.6. The number of aliphatic hydroxyl groups is 1. The molecule has 0 bridgehead atoms. The van der Waals surface area contributed by atoms with Crippen molar-refractivity contribution in [2.75, 3.05) is 33.3 Å². The van der Waals surface area contributed by atoms with E-state index < -0.39 is 0 Å². The van der Waals surface area contributed by atoms with Gasteiger partial charge in [-0.1, -0.05) is 30.3 Å². The van der Waals surface area contributed by atoms with Crippen molar-refractivity contribution in [1.82, 2.24) is 20.2 Å². The van der Waals surface area contributed by atoms with Gasteiger partial charge < -0.3 is 20.1 Å². The van der Waals surface area contributed by atoms with Crippen LogP contribution in [0, 0.1) is 11.7 Å². The molecule has 1 saturated heterocycles. The van der Waals surface area contributed by atoms with Gasteiger partial charge in [-0.2, -0.15) is 0 Å². The smallest absolute Gasteiger partial charge is 0.213 e. The van der Waals surface area contributed by atoms with E-state index >= 15 is 0 Å². The molecule has 1 fully saturated rings. The highest BCUT2D eigenvalue weighted by Crippen LogP contribution is 2.23. The number of likely N-dealkylation sites (tertiary alicyclic amines) is 1. The fraction of sp³-hybridized carbons (Fsp3) is 0.391. The zero-order chi connectivity index (χ0) is 20.9. The molecular formula is C23H27FN4O2. The van der Waals surface area contributed by atoms with Gasteiger partial charge in [-0.25, -0.2) is 9.37 Å². The molecule has 2 atom stereocenters. The van der Waals surface area contributed by atoms with Gasteiger partial charge in [0.25, 0.3) is 0 Å². The third kappa shape index (κ3) is 4.75. The molecule has 3 aromatic rings. The average molecular weight is 410 g/mol. The van der Waals surface area contributed by atoms with E-state index in [1.165, 1.54) is 18.9 Å². The van der Waals surface area contributed by atoms with E-state index in [2.05, 4.69) is 32.3 Å². The molecule has 2 aromatic heterocycles. The van der Waals surface area contributed by atoms with Crippen LogP contribution < -0.4 is 10.1 Å². The van der Waals surface area contributed by atoms with Crippen molar-refractivity contribution >= 4 is 11.0 Å². The highest BCUT2D eigenvalue weighted by Gasteiger charge is 2.30. The van der Waals surface area contributed by atoms with Crippen molar-refractivity contribution in [2.24, 2.45) is 5.92 Å². The Hall–Kier alpha value is -2.61. The number of aromatic nitrogens is 2. The van der Waals surface area contributed by atoms with Gasteiger partial charge in [0.1, 0.15) is 5.82 Å². The molecule has 0 radical (unpaired) electrons. The second-order valence-corrected chi connectivity index (χ2v) is 7.76. The second kappa shape index (κ2) is 9.47. The number of halogens is 1. The molecule has 30 heavy (non-hydrogen) atoms. The van der Waals surface area contributed by atoms with E-state index in [9.17, 15) is 9.50 Å². The second-order valence-electron chi connectivity index (χ2n) is 7.76. The van der Waals surface area contributed by atoms with Gasteiger partial charge in [-0.3, -0.25) is 4.98 Å². The SMILES string of the molecule is COc1ccc2ncc(F)c(CCN3C[C@H](CNCc4ccccc4)[C@H](O)C3)c2n1. The number of pyridine rings is 2. The number of β-amino-alcohol motifs (C(OH)–C–C–N with tert-alkyl or cyclic N) is 1. The lowest BCUT2D eigenvalue weighted by Crippen LogP contribution is -2.30. The van der Waals surface area contributed by atoms with Gasteiger partial charge in [-0.05, 0) is 18.1 Å². The molecule has 2 N–H and O–H groups in total. The summed E-state index contributed by atoms with van der Waals surface area (Å²) in [5.74, 6) is 0.243. The molecule has 0 unspecified atom stereocenters. The fourth-order valence-corrected chi connectivity index (χ4v) is 4.02. The van der Waals surface area contributed by atoms with E-state index in [4.69, 9.17) is 4.74 Å². The number of nitrogens with one attached hydrogen (secondary N) is 1. The number of ether oxygens (including phenoxy) is 1. The van der Waals surface area contributed by atoms with Crippen LogP contribution in [-0.2, 0) is 13.0 Å². The maximum Gasteiger partial charge on any atom is 0.213 e. The van der Waals surface area contributed by atoms with Gasteiger partial charge >= 0.3 is 0 Å². The molecule has 158 valence electrons. The summed E-state index contributed by atoms with van der Waals surface area (Å²) < 4.78 is 19.7. The molecular weight excluding hydrogens is 383 g/mol. The summed E-state index contributed by atoms with van der Waals surface area (Å²) in [6.07, 6.45) is 1.37. The molecule has 1 aliphatic heterocycles. The Morgan fingerprint density at radius 1 is 1.20 bits per heavy atom. The number of nitrogens with zero attached hydrogens (tertiary/aromatic N) is 3. The topological polar surface area (TPSA) is 70.5 Å². The summed E-state index contributed by atoms with van der Waals surface area (Å²) in [5.41, 5.74) is 2.95. The number of benzene rings is 1. The lowest BCUT2D eigenvalue weighted by molar-refractivity contribution is 0.140. The third-order valence-corrected chi connectivity index (χ3v) is 5.69. The zero-order valence-corrected chi connectivity index (χ0v) is 17.1. The van der Waals surface area contributed by atoms with Crippen molar-refractivity contribution in [3.63, 3.8) is 0 Å². The highest BCUT2D eigenvalue weighted by molar-refractivity contribution is 5.78. The van der Waals surface area contributed by atoms with Crippen molar-refractivity contribution in [3.05, 3.63) is 65.6 Å². The van der Waals surface area contributed by atoms with Crippen LogP contribution in [0.25, 0.3) is 11.0 Å². The Labute approximate surface area is 175 Å². The Morgan fingerprint density at radius 3 is 2.83 bits per heavy atom. The molecule has 3 heterocycles. The average Bonchev–Trinajstić information content (AvgIpc) is 3.12. The summed E-state index contributed by atoms with van der Waals surface area (Å²) >= 11 is 0. The number of rotatable bonds is 8. The Kier molecular flexibility index (Phi) is 6.52. The molecule has 0 amide bonds. The summed E-state index contributed by atoms with van der Waals surface area (Å²) in [6.45, 7) is 3.56. The molecule has 7 heteroatoms. The van der Waals surface area contributed by atoms with Crippen LogP contribution in [0.3, 0.4) is 0 Å². The molecule has 0 saturated carbocycles. The minimum Gasteiger partial charge on any atom is -0.481 e.